The molecular weight excluding hydrogens is 283 g/mol. The third kappa shape index (κ3) is 2.25. The van der Waals surface area contributed by atoms with Gasteiger partial charge in [-0.15, -0.1) is 11.6 Å². The maximum Gasteiger partial charge on any atom is 0.149 e. The summed E-state index contributed by atoms with van der Waals surface area (Å²) in [6, 6.07) is 5.03. The van der Waals surface area contributed by atoms with E-state index in [1.807, 2.05) is 29.3 Å². The van der Waals surface area contributed by atoms with Gasteiger partial charge < -0.3 is 4.57 Å². The van der Waals surface area contributed by atoms with Crippen LogP contribution in [0.15, 0.2) is 18.2 Å². The van der Waals surface area contributed by atoms with E-state index >= 15 is 0 Å². The van der Waals surface area contributed by atoms with E-state index in [9.17, 15) is 4.39 Å². The first kappa shape index (κ1) is 13.3. The van der Waals surface area contributed by atoms with Crippen molar-refractivity contribution in [2.45, 2.75) is 36.4 Å². The molecule has 1 unspecified atom stereocenters. The molecule has 1 heterocycles. The average Bonchev–Trinajstić information content (AvgIpc) is 3.05. The Bertz CT molecular complexity index is 619. The monoisotopic (exact) mass is 298 g/mol. The summed E-state index contributed by atoms with van der Waals surface area (Å²) < 4.78 is 16.3. The van der Waals surface area contributed by atoms with E-state index in [4.69, 9.17) is 11.6 Å². The minimum atomic E-state index is -0.218. The highest BCUT2D eigenvalue weighted by molar-refractivity contribution is 8.00. The number of hydrogen-bond acceptors (Lipinski definition) is 2. The highest BCUT2D eigenvalue weighted by Gasteiger charge is 2.43. The molecule has 1 aliphatic carbocycles. The van der Waals surface area contributed by atoms with Crippen LogP contribution in [0.4, 0.5) is 4.39 Å². The van der Waals surface area contributed by atoms with Crippen LogP contribution in [-0.4, -0.2) is 20.6 Å². The molecule has 1 fully saturated rings. The molecule has 1 aliphatic rings. The van der Waals surface area contributed by atoms with E-state index in [1.54, 1.807) is 6.07 Å². The molecule has 2 nitrogen and oxygen atoms in total. The molecule has 0 spiro atoms. The lowest BCUT2D eigenvalue weighted by Crippen LogP contribution is -2.16. The molecule has 0 aliphatic heterocycles. The van der Waals surface area contributed by atoms with Crippen molar-refractivity contribution in [3.05, 3.63) is 29.8 Å². The molecule has 2 aromatic rings. The summed E-state index contributed by atoms with van der Waals surface area (Å²) in [5.41, 5.74) is 1.28. The molecular formula is C14H16ClFN2S. The molecule has 102 valence electrons. The largest absolute Gasteiger partial charge is 0.323 e. The fraction of sp³-hybridized carbons (Fsp3) is 0.500. The summed E-state index contributed by atoms with van der Waals surface area (Å²) in [4.78, 5) is 4.50. The molecule has 1 atom stereocenters. The van der Waals surface area contributed by atoms with Crippen LogP contribution in [0.3, 0.4) is 0 Å². The zero-order valence-electron chi connectivity index (χ0n) is 11.0. The standard InChI is InChI=1S/C14H16ClFN2S/c1-9(15)13-17-11-5-3-4-10(16)12(11)18(13)8-14(19-2)6-7-14/h3-5,9H,6-8H2,1-2H3. The molecule has 0 saturated heterocycles. The normalized spacial score (nSPS) is 18.7. The Balaban J connectivity index is 2.16. The first-order valence-electron chi connectivity index (χ1n) is 6.40. The van der Waals surface area contributed by atoms with Gasteiger partial charge in [0.25, 0.3) is 0 Å². The lowest BCUT2D eigenvalue weighted by Gasteiger charge is -2.17. The number of fused-ring (bicyclic) bond motifs is 1. The van der Waals surface area contributed by atoms with Gasteiger partial charge in [-0.25, -0.2) is 9.37 Å². The topological polar surface area (TPSA) is 17.8 Å². The highest BCUT2D eigenvalue weighted by atomic mass is 35.5. The number of benzene rings is 1. The first-order chi connectivity index (χ1) is 9.06. The van der Waals surface area contributed by atoms with Gasteiger partial charge in [-0.3, -0.25) is 0 Å². The van der Waals surface area contributed by atoms with E-state index < -0.39 is 0 Å². The third-order valence-electron chi connectivity index (χ3n) is 3.79. The lowest BCUT2D eigenvalue weighted by atomic mass is 10.3. The second-order valence-corrected chi connectivity index (χ2v) is 7.10. The van der Waals surface area contributed by atoms with Gasteiger partial charge in [0.05, 0.1) is 10.9 Å². The van der Waals surface area contributed by atoms with Crippen molar-refractivity contribution in [2.24, 2.45) is 0 Å². The van der Waals surface area contributed by atoms with Crippen LogP contribution < -0.4 is 0 Å². The summed E-state index contributed by atoms with van der Waals surface area (Å²) in [5.74, 6) is 0.549. The van der Waals surface area contributed by atoms with Gasteiger partial charge in [0.15, 0.2) is 0 Å². The predicted molar refractivity (Wildman–Crippen MR) is 79.4 cm³/mol. The van der Waals surface area contributed by atoms with Gasteiger partial charge >= 0.3 is 0 Å². The quantitative estimate of drug-likeness (QED) is 0.780. The number of rotatable bonds is 4. The van der Waals surface area contributed by atoms with E-state index in [0.717, 1.165) is 12.4 Å². The molecule has 0 amide bonds. The number of hydrogen-bond donors (Lipinski definition) is 0. The molecule has 1 saturated carbocycles. The zero-order chi connectivity index (χ0) is 13.6. The van der Waals surface area contributed by atoms with Gasteiger partial charge in [-0.2, -0.15) is 11.8 Å². The number of thioether (sulfide) groups is 1. The van der Waals surface area contributed by atoms with Crippen LogP contribution in [0.25, 0.3) is 11.0 Å². The fourth-order valence-electron chi connectivity index (χ4n) is 2.48. The van der Waals surface area contributed by atoms with Gasteiger partial charge in [0.2, 0.25) is 0 Å². The van der Waals surface area contributed by atoms with Crippen molar-refractivity contribution in [3.8, 4) is 0 Å². The Morgan fingerprint density at radius 3 is 2.84 bits per heavy atom. The maximum absolute atomic E-state index is 14.1. The molecule has 3 rings (SSSR count). The van der Waals surface area contributed by atoms with Crippen molar-refractivity contribution < 1.29 is 4.39 Å². The number of imidazole rings is 1. The van der Waals surface area contributed by atoms with Crippen molar-refractivity contribution in [1.82, 2.24) is 9.55 Å². The van der Waals surface area contributed by atoms with Crippen LogP contribution in [-0.2, 0) is 6.54 Å². The Morgan fingerprint density at radius 1 is 1.53 bits per heavy atom. The summed E-state index contributed by atoms with van der Waals surface area (Å²) >= 11 is 8.07. The van der Waals surface area contributed by atoms with E-state index in [1.165, 1.54) is 18.9 Å². The van der Waals surface area contributed by atoms with Gasteiger partial charge in [0.1, 0.15) is 17.2 Å². The number of halogens is 2. The maximum atomic E-state index is 14.1. The molecule has 1 aromatic carbocycles. The first-order valence-corrected chi connectivity index (χ1v) is 8.06. The minimum absolute atomic E-state index is 0.217. The van der Waals surface area contributed by atoms with Crippen LogP contribution >= 0.6 is 23.4 Å². The van der Waals surface area contributed by atoms with Gasteiger partial charge in [0, 0.05) is 11.3 Å². The fourth-order valence-corrected chi connectivity index (χ4v) is 3.41. The third-order valence-corrected chi connectivity index (χ3v) is 5.39. The minimum Gasteiger partial charge on any atom is -0.323 e. The second kappa shape index (κ2) is 4.67. The van der Waals surface area contributed by atoms with Crippen LogP contribution in [0, 0.1) is 5.82 Å². The Hall–Kier alpha value is -0.740. The van der Waals surface area contributed by atoms with E-state index in [0.29, 0.717) is 11.0 Å². The van der Waals surface area contributed by atoms with Crippen LogP contribution in [0.1, 0.15) is 31.0 Å². The Kier molecular flexibility index (Phi) is 3.26. The number of aromatic nitrogens is 2. The molecule has 0 bridgehead atoms. The Morgan fingerprint density at radius 2 is 2.26 bits per heavy atom. The van der Waals surface area contributed by atoms with Gasteiger partial charge in [-0.05, 0) is 38.2 Å². The van der Waals surface area contributed by atoms with Gasteiger partial charge in [-0.1, -0.05) is 6.07 Å². The molecule has 0 N–H and O–H groups in total. The summed E-state index contributed by atoms with van der Waals surface area (Å²) in [7, 11) is 0. The summed E-state index contributed by atoms with van der Waals surface area (Å²) in [6.45, 7) is 2.67. The smallest absolute Gasteiger partial charge is 0.149 e. The average molecular weight is 299 g/mol. The highest BCUT2D eigenvalue weighted by Crippen LogP contribution is 2.49. The number of para-hydroxylation sites is 1. The molecule has 19 heavy (non-hydrogen) atoms. The predicted octanol–water partition coefficient (Wildman–Crippen LogP) is 4.37. The molecule has 0 radical (unpaired) electrons. The van der Waals surface area contributed by atoms with Crippen molar-refractivity contribution in [2.75, 3.05) is 6.26 Å². The van der Waals surface area contributed by atoms with Crippen LogP contribution in [0.5, 0.6) is 0 Å². The number of alkyl halides is 1. The van der Waals surface area contributed by atoms with E-state index in [2.05, 4.69) is 11.2 Å². The van der Waals surface area contributed by atoms with E-state index in [-0.39, 0.29) is 15.9 Å². The lowest BCUT2D eigenvalue weighted by molar-refractivity contribution is 0.600. The van der Waals surface area contributed by atoms with Crippen molar-refractivity contribution >= 4 is 34.4 Å². The SMILES string of the molecule is CSC1(Cn2c(C(C)Cl)nc3cccc(F)c32)CC1. The summed E-state index contributed by atoms with van der Waals surface area (Å²) in [6.07, 6.45) is 4.48. The van der Waals surface area contributed by atoms with Crippen LogP contribution in [0.2, 0.25) is 0 Å². The molecule has 1 aromatic heterocycles. The van der Waals surface area contributed by atoms with Crippen molar-refractivity contribution in [3.63, 3.8) is 0 Å². The second-order valence-electron chi connectivity index (χ2n) is 5.17. The molecule has 5 heteroatoms. The summed E-state index contributed by atoms with van der Waals surface area (Å²) in [5, 5.41) is -0.218. The van der Waals surface area contributed by atoms with Crippen molar-refractivity contribution in [1.29, 1.82) is 0 Å². The number of nitrogens with zero attached hydrogens (tertiary/aromatic N) is 2. The Labute approximate surface area is 121 Å². The zero-order valence-corrected chi connectivity index (χ0v) is 12.6.